The van der Waals surface area contributed by atoms with Crippen LogP contribution in [-0.2, 0) is 43.2 Å². The third-order valence-corrected chi connectivity index (χ3v) is 9.92. The molecule has 0 bridgehead atoms. The zero-order chi connectivity index (χ0) is 37.7. The summed E-state index contributed by atoms with van der Waals surface area (Å²) in [6, 6.07) is 24.7. The van der Waals surface area contributed by atoms with Crippen LogP contribution in [0.5, 0.6) is 0 Å². The summed E-state index contributed by atoms with van der Waals surface area (Å²) in [4.78, 5) is 72.7. The second-order valence-corrected chi connectivity index (χ2v) is 13.9. The minimum atomic E-state index is -1.07. The summed E-state index contributed by atoms with van der Waals surface area (Å²) in [5.41, 5.74) is 13.8. The number of piperidine rings is 1. The first kappa shape index (κ1) is 38.5. The molecule has 2 fully saturated rings. The molecule has 0 saturated carbocycles. The summed E-state index contributed by atoms with van der Waals surface area (Å²) in [7, 11) is 0. The Bertz CT molecular complexity index is 1740. The quantitative estimate of drug-likeness (QED) is 0.0689. The van der Waals surface area contributed by atoms with Crippen LogP contribution in [0, 0.1) is 5.92 Å². The molecule has 2 aliphatic heterocycles. The number of carboxylic acids is 1. The molecule has 2 heterocycles. The van der Waals surface area contributed by atoms with E-state index in [9.17, 15) is 29.1 Å². The van der Waals surface area contributed by atoms with Crippen molar-refractivity contribution < 1.29 is 29.1 Å². The van der Waals surface area contributed by atoms with Crippen molar-refractivity contribution in [2.75, 3.05) is 6.54 Å². The smallest absolute Gasteiger partial charge is 0.305 e. The molecule has 0 aromatic heterocycles. The van der Waals surface area contributed by atoms with E-state index in [2.05, 4.69) is 20.9 Å². The van der Waals surface area contributed by atoms with Gasteiger partial charge in [0.05, 0.1) is 12.8 Å². The fraction of sp³-hybridized carbons (Fsp3) is 0.400. The lowest BCUT2D eigenvalue weighted by Crippen LogP contribution is -2.60. The summed E-state index contributed by atoms with van der Waals surface area (Å²) in [5.74, 6) is -2.84. The highest BCUT2D eigenvalue weighted by atomic mass is 16.4. The van der Waals surface area contributed by atoms with Gasteiger partial charge in [-0.2, -0.15) is 0 Å². The predicted molar refractivity (Wildman–Crippen MR) is 200 cm³/mol. The number of rotatable bonds is 17. The van der Waals surface area contributed by atoms with E-state index in [-0.39, 0.29) is 62.0 Å². The van der Waals surface area contributed by atoms with Gasteiger partial charge < -0.3 is 37.4 Å². The Labute approximate surface area is 309 Å². The van der Waals surface area contributed by atoms with Crippen LogP contribution in [-0.4, -0.2) is 82.3 Å². The molecule has 4 amide bonds. The summed E-state index contributed by atoms with van der Waals surface area (Å²) >= 11 is 0. The van der Waals surface area contributed by atoms with Crippen molar-refractivity contribution in [3.8, 4) is 0 Å². The first-order valence-corrected chi connectivity index (χ1v) is 18.2. The maximum atomic E-state index is 14.3. The molecule has 5 rings (SSSR count). The molecule has 13 nitrogen and oxygen atoms in total. The van der Waals surface area contributed by atoms with E-state index >= 15 is 0 Å². The van der Waals surface area contributed by atoms with Crippen LogP contribution in [0.3, 0.4) is 0 Å². The number of guanidine groups is 1. The molecule has 3 aromatic rings. The fourth-order valence-corrected chi connectivity index (χ4v) is 7.50. The third-order valence-electron chi connectivity index (χ3n) is 9.92. The molecule has 2 aliphatic rings. The maximum absolute atomic E-state index is 14.3. The summed E-state index contributed by atoms with van der Waals surface area (Å²) < 4.78 is 0. The second kappa shape index (κ2) is 18.7. The number of carboxylic acid groups (broad SMARTS) is 1. The van der Waals surface area contributed by atoms with Crippen LogP contribution >= 0.6 is 0 Å². The molecule has 0 radical (unpaired) electrons. The lowest BCUT2D eigenvalue weighted by atomic mass is 9.86. The number of nitrogens with zero attached hydrogens (tertiary/aromatic N) is 2. The Hall–Kier alpha value is -5.72. The van der Waals surface area contributed by atoms with Crippen molar-refractivity contribution in [2.45, 2.75) is 88.0 Å². The number of nitrogens with two attached hydrogens (primary N) is 2. The Balaban J connectivity index is 1.35. The maximum Gasteiger partial charge on any atom is 0.305 e. The van der Waals surface area contributed by atoms with Crippen molar-refractivity contribution >= 4 is 35.6 Å². The molecule has 8 N–H and O–H groups in total. The van der Waals surface area contributed by atoms with E-state index in [4.69, 9.17) is 11.5 Å². The number of aliphatic carboxylic acids is 1. The van der Waals surface area contributed by atoms with Gasteiger partial charge in [0.15, 0.2) is 5.96 Å². The monoisotopic (exact) mass is 723 g/mol. The average Bonchev–Trinajstić information content (AvgIpc) is 3.50. The van der Waals surface area contributed by atoms with Crippen molar-refractivity contribution in [3.05, 3.63) is 108 Å². The number of hydrogen-bond donors (Lipinski definition) is 6. The van der Waals surface area contributed by atoms with Crippen LogP contribution < -0.4 is 27.4 Å². The van der Waals surface area contributed by atoms with Crippen LogP contribution in [0.25, 0.3) is 0 Å². The van der Waals surface area contributed by atoms with Crippen LogP contribution in [0.2, 0.25) is 0 Å². The minimum absolute atomic E-state index is 0.0296. The molecule has 0 aliphatic carbocycles. The molecule has 3 aromatic carbocycles. The highest BCUT2D eigenvalue weighted by Crippen LogP contribution is 2.39. The van der Waals surface area contributed by atoms with E-state index in [1.54, 1.807) is 4.90 Å². The zero-order valence-electron chi connectivity index (χ0n) is 29.7. The Kier molecular flexibility index (Phi) is 13.6. The highest BCUT2D eigenvalue weighted by molar-refractivity contribution is 5.95. The number of aliphatic imine (C=N–C) groups is 1. The van der Waals surface area contributed by atoms with Crippen molar-refractivity contribution in [2.24, 2.45) is 22.4 Å². The molecular weight excluding hydrogens is 674 g/mol. The van der Waals surface area contributed by atoms with Gasteiger partial charge in [-0.05, 0) is 67.6 Å². The number of benzene rings is 3. The molecule has 0 spiro atoms. The second-order valence-electron chi connectivity index (χ2n) is 13.9. The van der Waals surface area contributed by atoms with Gasteiger partial charge in [-0.25, -0.2) is 0 Å². The van der Waals surface area contributed by atoms with Crippen LogP contribution in [0.4, 0.5) is 0 Å². The Morgan fingerprint density at radius 2 is 1.47 bits per heavy atom. The number of fused-ring (bicyclic) bond motifs is 1. The van der Waals surface area contributed by atoms with Crippen LogP contribution in [0.15, 0.2) is 96.0 Å². The summed E-state index contributed by atoms with van der Waals surface area (Å²) in [6.07, 6.45) is 2.67. The first-order valence-electron chi connectivity index (χ1n) is 18.2. The summed E-state index contributed by atoms with van der Waals surface area (Å²) in [5, 5.41) is 18.3. The molecule has 53 heavy (non-hydrogen) atoms. The number of hydrogen-bond acceptors (Lipinski definition) is 6. The van der Waals surface area contributed by atoms with Gasteiger partial charge in [-0.1, -0.05) is 91.0 Å². The van der Waals surface area contributed by atoms with Crippen molar-refractivity contribution in [3.63, 3.8) is 0 Å². The highest BCUT2D eigenvalue weighted by Gasteiger charge is 2.51. The van der Waals surface area contributed by atoms with Crippen molar-refractivity contribution in [1.82, 2.24) is 20.9 Å². The molecule has 1 unspecified atom stereocenters. The van der Waals surface area contributed by atoms with Gasteiger partial charge in [0, 0.05) is 18.6 Å². The van der Waals surface area contributed by atoms with Crippen LogP contribution in [0.1, 0.15) is 55.2 Å². The van der Waals surface area contributed by atoms with Gasteiger partial charge in [-0.15, -0.1) is 0 Å². The summed E-state index contributed by atoms with van der Waals surface area (Å²) in [6.45, 7) is 0.212. The van der Waals surface area contributed by atoms with E-state index in [1.165, 1.54) is 0 Å². The van der Waals surface area contributed by atoms with Crippen molar-refractivity contribution in [1.29, 1.82) is 0 Å². The van der Waals surface area contributed by atoms with Gasteiger partial charge in [-0.3, -0.25) is 29.0 Å². The Morgan fingerprint density at radius 3 is 2.09 bits per heavy atom. The Morgan fingerprint density at radius 1 is 0.849 bits per heavy atom. The molecule has 6 atom stereocenters. The molecule has 280 valence electrons. The lowest BCUT2D eigenvalue weighted by molar-refractivity contribution is -0.147. The standard InChI is InChI=1S/C40H49N7O6/c41-40(42)43-20-10-17-31(37(51)44-30(25-36(49)50)22-27-13-6-2-7-14-27)46-38(52)34-24-29(21-26-11-4-1-5-12-26)33-19-18-32(39(53)47(33)34)45-35(48)23-28-15-8-3-9-16-28/h1-9,11-16,29-34H,10,17-25H2,(H,44,51)(H,45,48)(H,46,52)(H,49,50)(H4,41,42,43)/t29-,30+,31+,32?,33+,34+/m1/s1. The zero-order valence-corrected chi connectivity index (χ0v) is 29.7. The van der Waals surface area contributed by atoms with E-state index in [0.29, 0.717) is 32.1 Å². The number of nitrogens with one attached hydrogen (secondary N) is 3. The topological polar surface area (TPSA) is 209 Å². The SMILES string of the molecule is NC(N)=NCCC[C@H](NC(=O)[C@@H]1C[C@@H](Cc2ccccc2)[C@@H]2CCC(NC(=O)Cc3ccccc3)C(=O)N12)C(=O)N[C@H](CC(=O)O)Cc1ccccc1. The van der Waals surface area contributed by atoms with Gasteiger partial charge >= 0.3 is 5.97 Å². The lowest BCUT2D eigenvalue weighted by Gasteiger charge is -2.39. The number of carbonyl (C=O) groups is 5. The molecule has 2 saturated heterocycles. The number of amides is 4. The predicted octanol–water partition coefficient (Wildman–Crippen LogP) is 2.08. The minimum Gasteiger partial charge on any atom is -0.481 e. The number of carbonyl (C=O) groups excluding carboxylic acids is 4. The largest absolute Gasteiger partial charge is 0.481 e. The average molecular weight is 724 g/mol. The first-order chi connectivity index (χ1) is 25.6. The normalized spacial score (nSPS) is 20.4. The molecule has 13 heteroatoms. The molecular formula is C40H49N7O6. The van der Waals surface area contributed by atoms with Gasteiger partial charge in [0.25, 0.3) is 0 Å². The van der Waals surface area contributed by atoms with E-state index in [1.807, 2.05) is 91.0 Å². The van der Waals surface area contributed by atoms with Gasteiger partial charge in [0.1, 0.15) is 18.1 Å². The fourth-order valence-electron chi connectivity index (χ4n) is 7.50. The van der Waals surface area contributed by atoms with E-state index in [0.717, 1.165) is 16.7 Å². The third kappa shape index (κ3) is 11.1. The van der Waals surface area contributed by atoms with E-state index < -0.39 is 42.0 Å². The van der Waals surface area contributed by atoms with Gasteiger partial charge in [0.2, 0.25) is 23.6 Å².